The first kappa shape index (κ1) is 39.0. The predicted molar refractivity (Wildman–Crippen MR) is 283 cm³/mol. The zero-order valence-electron chi connectivity index (χ0n) is 37.2. The summed E-state index contributed by atoms with van der Waals surface area (Å²) in [5.74, 6) is 1.38. The van der Waals surface area contributed by atoms with Gasteiger partial charge in [-0.1, -0.05) is 176 Å². The zero-order valence-corrected chi connectivity index (χ0v) is 37.2. The summed E-state index contributed by atoms with van der Waals surface area (Å²) in [5.41, 5.74) is 16.0. The maximum Gasteiger partial charge on any atom is 0.160 e. The second-order valence-corrected chi connectivity index (χ2v) is 17.7. The number of nitrogens with one attached hydrogen (secondary N) is 1. The molecule has 1 atom stereocenters. The Morgan fingerprint density at radius 3 is 1.83 bits per heavy atom. The van der Waals surface area contributed by atoms with Crippen LogP contribution < -0.4 is 5.32 Å². The van der Waals surface area contributed by atoms with E-state index in [0.717, 1.165) is 111 Å². The lowest BCUT2D eigenvalue weighted by atomic mass is 9.95. The van der Waals surface area contributed by atoms with Crippen LogP contribution in [-0.2, 0) is 0 Å². The van der Waals surface area contributed by atoms with E-state index in [0.29, 0.717) is 5.84 Å². The van der Waals surface area contributed by atoms with Gasteiger partial charge in [-0.25, -0.2) is 9.98 Å². The normalized spacial score (nSPS) is 13.9. The van der Waals surface area contributed by atoms with E-state index in [-0.39, 0.29) is 0 Å². The summed E-state index contributed by atoms with van der Waals surface area (Å²) in [4.78, 5) is 10.8. The molecule has 3 aromatic heterocycles. The minimum atomic E-state index is -0.402. The Labute approximate surface area is 396 Å². The van der Waals surface area contributed by atoms with Crippen molar-refractivity contribution in [3.8, 4) is 39.1 Å². The Bertz CT molecular complexity index is 4200. The molecule has 1 aliphatic heterocycles. The summed E-state index contributed by atoms with van der Waals surface area (Å²) < 4.78 is 16.0. The third kappa shape index (κ3) is 6.41. The molecule has 0 fully saturated rings. The van der Waals surface area contributed by atoms with Crippen LogP contribution in [0.2, 0.25) is 0 Å². The quantitative estimate of drug-likeness (QED) is 0.173. The second-order valence-electron chi connectivity index (χ2n) is 17.7. The molecule has 0 saturated carbocycles. The van der Waals surface area contributed by atoms with Crippen LogP contribution in [0.1, 0.15) is 22.9 Å². The monoisotopic (exact) mass is 884 g/mol. The fourth-order valence-corrected chi connectivity index (χ4v) is 10.4. The Morgan fingerprint density at radius 1 is 0.391 bits per heavy atom. The van der Waals surface area contributed by atoms with Crippen LogP contribution in [-0.4, -0.2) is 16.2 Å². The Hall–Kier alpha value is -9.26. The summed E-state index contributed by atoms with van der Waals surface area (Å²) in [6.45, 7) is 0. The van der Waals surface area contributed by atoms with Gasteiger partial charge in [-0.3, -0.25) is 0 Å². The fourth-order valence-electron chi connectivity index (χ4n) is 10.4. The van der Waals surface area contributed by atoms with Gasteiger partial charge in [0.1, 0.15) is 34.3 Å². The number of rotatable bonds is 7. The first-order valence-corrected chi connectivity index (χ1v) is 23.3. The average Bonchev–Trinajstić information content (AvgIpc) is 4.11. The number of hydrogen-bond acceptors (Lipinski definition) is 5. The number of furan rings is 2. The van der Waals surface area contributed by atoms with E-state index in [1.54, 1.807) is 0 Å². The molecule has 0 amide bonds. The van der Waals surface area contributed by atoms with E-state index in [4.69, 9.17) is 18.8 Å². The zero-order chi connectivity index (χ0) is 45.4. The van der Waals surface area contributed by atoms with Crippen LogP contribution in [0.15, 0.2) is 249 Å². The molecule has 1 N–H and O–H groups in total. The lowest BCUT2D eigenvalue weighted by molar-refractivity contribution is 0.668. The molecule has 324 valence electrons. The number of benzene rings is 10. The molecule has 0 spiro atoms. The van der Waals surface area contributed by atoms with E-state index in [9.17, 15) is 0 Å². The van der Waals surface area contributed by atoms with Gasteiger partial charge in [-0.2, -0.15) is 0 Å². The Balaban J connectivity index is 0.999. The van der Waals surface area contributed by atoms with Gasteiger partial charge < -0.3 is 18.7 Å². The molecule has 69 heavy (non-hydrogen) atoms. The van der Waals surface area contributed by atoms with Crippen LogP contribution in [0.25, 0.3) is 105 Å². The maximum atomic E-state index is 7.35. The third-order valence-corrected chi connectivity index (χ3v) is 13.7. The smallest absolute Gasteiger partial charge is 0.160 e. The number of nitrogens with zero attached hydrogens (tertiary/aromatic N) is 3. The minimum absolute atomic E-state index is 0.402. The Morgan fingerprint density at radius 2 is 1.00 bits per heavy atom. The number of para-hydroxylation sites is 4. The van der Waals surface area contributed by atoms with Crippen LogP contribution in [0.4, 0.5) is 0 Å². The van der Waals surface area contributed by atoms with Crippen molar-refractivity contribution < 1.29 is 8.83 Å². The second kappa shape index (κ2) is 15.7. The molecule has 0 aliphatic carbocycles. The highest BCUT2D eigenvalue weighted by molar-refractivity contribution is 6.25. The summed E-state index contributed by atoms with van der Waals surface area (Å²) in [6.07, 6.45) is -0.402. The standard InChI is InChI=1S/C63H40N4O2/c1-4-15-39(16-5-1)40-27-29-42(30-28-40)62-64-61(41-17-6-2-7-18-41)65-63(66-62)52-35-34-47(43-32-36-57-53(37-43)50-22-11-13-26-56(50)68-57)60-58(52)51-24-14-23-46(59(51)69-60)44-31-33-49-48-21-10-12-25-54(48)67(55(49)38-44)45-19-8-3-9-20-45/h1-38,62H,(H,64,65,66). The van der Waals surface area contributed by atoms with E-state index in [1.165, 1.54) is 16.3 Å². The predicted octanol–water partition coefficient (Wildman–Crippen LogP) is 16.1. The summed E-state index contributed by atoms with van der Waals surface area (Å²) in [6, 6.07) is 80.9. The van der Waals surface area contributed by atoms with Crippen molar-refractivity contribution in [1.82, 2.24) is 9.88 Å². The largest absolute Gasteiger partial charge is 0.456 e. The van der Waals surface area contributed by atoms with Crippen molar-refractivity contribution in [1.29, 1.82) is 0 Å². The van der Waals surface area contributed by atoms with Gasteiger partial charge in [0.2, 0.25) is 0 Å². The molecule has 4 heterocycles. The number of aromatic nitrogens is 1. The fraction of sp³-hybridized carbons (Fsp3) is 0.0159. The molecule has 13 aromatic rings. The molecule has 14 rings (SSSR count). The summed E-state index contributed by atoms with van der Waals surface area (Å²) >= 11 is 0. The van der Waals surface area contributed by atoms with Crippen molar-refractivity contribution in [2.24, 2.45) is 9.98 Å². The highest BCUT2D eigenvalue weighted by Crippen LogP contribution is 2.45. The summed E-state index contributed by atoms with van der Waals surface area (Å²) in [7, 11) is 0. The van der Waals surface area contributed by atoms with Gasteiger partial charge in [-0.05, 0) is 82.4 Å². The highest BCUT2D eigenvalue weighted by atomic mass is 16.3. The summed E-state index contributed by atoms with van der Waals surface area (Å²) in [5, 5.41) is 10.2. The SMILES string of the molecule is c1ccc(C2=NC(c3ccc(-c4ccc5oc6ccccc6c5c4)c4oc5c(-c6ccc7c8ccccc8n(-c8ccccc8)c7c6)cccc5c34)=NC(c3ccc(-c4ccccc4)cc3)N2)cc1. The van der Waals surface area contributed by atoms with Crippen LogP contribution in [0.3, 0.4) is 0 Å². The van der Waals surface area contributed by atoms with Crippen molar-refractivity contribution in [3.05, 3.63) is 247 Å². The molecule has 0 bridgehead atoms. The number of hydrogen-bond donors (Lipinski definition) is 1. The van der Waals surface area contributed by atoms with Crippen molar-refractivity contribution >= 4 is 77.4 Å². The number of aliphatic imine (C=N–C) groups is 2. The van der Waals surface area contributed by atoms with E-state index in [1.807, 2.05) is 36.4 Å². The van der Waals surface area contributed by atoms with Crippen molar-refractivity contribution in [2.45, 2.75) is 6.17 Å². The minimum Gasteiger partial charge on any atom is -0.456 e. The third-order valence-electron chi connectivity index (χ3n) is 13.7. The number of amidine groups is 2. The first-order chi connectivity index (χ1) is 34.2. The van der Waals surface area contributed by atoms with Crippen LogP contribution in [0, 0.1) is 0 Å². The maximum absolute atomic E-state index is 7.35. The van der Waals surface area contributed by atoms with Gasteiger partial charge in [0.25, 0.3) is 0 Å². The van der Waals surface area contributed by atoms with Gasteiger partial charge in [0, 0.05) is 60.3 Å². The lowest BCUT2D eigenvalue weighted by Gasteiger charge is -2.24. The molecular formula is C63H40N4O2. The lowest BCUT2D eigenvalue weighted by Crippen LogP contribution is -2.33. The van der Waals surface area contributed by atoms with E-state index < -0.39 is 6.17 Å². The highest BCUT2D eigenvalue weighted by Gasteiger charge is 2.26. The van der Waals surface area contributed by atoms with Gasteiger partial charge >= 0.3 is 0 Å². The molecule has 0 saturated heterocycles. The van der Waals surface area contributed by atoms with Gasteiger partial charge in [0.15, 0.2) is 5.84 Å². The molecule has 1 aliphatic rings. The van der Waals surface area contributed by atoms with Crippen molar-refractivity contribution in [3.63, 3.8) is 0 Å². The molecule has 0 radical (unpaired) electrons. The van der Waals surface area contributed by atoms with Gasteiger partial charge in [0.05, 0.1) is 11.0 Å². The molecule has 6 heteroatoms. The van der Waals surface area contributed by atoms with Crippen LogP contribution in [0.5, 0.6) is 0 Å². The van der Waals surface area contributed by atoms with Crippen molar-refractivity contribution in [2.75, 3.05) is 0 Å². The average molecular weight is 885 g/mol. The first-order valence-electron chi connectivity index (χ1n) is 23.3. The molecule has 10 aromatic carbocycles. The molecule has 1 unspecified atom stereocenters. The topological polar surface area (TPSA) is 68.0 Å². The van der Waals surface area contributed by atoms with E-state index >= 15 is 0 Å². The molecular weight excluding hydrogens is 845 g/mol. The van der Waals surface area contributed by atoms with Gasteiger partial charge in [-0.15, -0.1) is 0 Å². The van der Waals surface area contributed by atoms with E-state index in [2.05, 4.69) is 204 Å². The Kier molecular flexibility index (Phi) is 8.86. The molecule has 6 nitrogen and oxygen atoms in total. The van der Waals surface area contributed by atoms with Crippen LogP contribution >= 0.6 is 0 Å². The number of fused-ring (bicyclic) bond motifs is 9.